The van der Waals surface area contributed by atoms with E-state index < -0.39 is 0 Å². The highest BCUT2D eigenvalue weighted by Gasteiger charge is 1.82. The molecule has 0 aromatic heterocycles. The molecule has 1 aliphatic heterocycles. The van der Waals surface area contributed by atoms with Crippen molar-refractivity contribution in [1.82, 2.24) is 10.9 Å². The summed E-state index contributed by atoms with van der Waals surface area (Å²) < 4.78 is 0. The Hall–Kier alpha value is -0.340. The van der Waals surface area contributed by atoms with E-state index in [9.17, 15) is 0 Å². The zero-order valence-electron chi connectivity index (χ0n) is 3.57. The molecule has 0 aromatic rings. The van der Waals surface area contributed by atoms with E-state index >= 15 is 0 Å². The van der Waals surface area contributed by atoms with E-state index in [-0.39, 0.29) is 0 Å². The summed E-state index contributed by atoms with van der Waals surface area (Å²) >= 11 is 0. The Morgan fingerprint density at radius 2 is 1.50 bits per heavy atom. The van der Waals surface area contributed by atoms with Gasteiger partial charge in [-0.05, 0) is 0 Å². The highest BCUT2D eigenvalue weighted by Crippen LogP contribution is 1.70. The van der Waals surface area contributed by atoms with Crippen molar-refractivity contribution in [3.63, 3.8) is 0 Å². The molecule has 0 aromatic carbocycles. The molecular formula is C4H8N2. The Labute approximate surface area is 37.2 Å². The van der Waals surface area contributed by atoms with Gasteiger partial charge in [-0.3, -0.25) is 10.9 Å². The van der Waals surface area contributed by atoms with Crippen LogP contribution in [0.2, 0.25) is 0 Å². The molecule has 2 heteroatoms. The van der Waals surface area contributed by atoms with Gasteiger partial charge in [0.15, 0.2) is 0 Å². The quantitative estimate of drug-likeness (QED) is 0.392. The first-order chi connectivity index (χ1) is 3.00. The lowest BCUT2D eigenvalue weighted by Crippen LogP contribution is -2.34. The van der Waals surface area contributed by atoms with Crippen molar-refractivity contribution in [2.45, 2.75) is 0 Å². The summed E-state index contributed by atoms with van der Waals surface area (Å²) in [5, 5.41) is 0. The van der Waals surface area contributed by atoms with Crippen LogP contribution >= 0.6 is 0 Å². The van der Waals surface area contributed by atoms with Crippen LogP contribution in [0.4, 0.5) is 0 Å². The summed E-state index contributed by atoms with van der Waals surface area (Å²) in [6.07, 6.45) is 4.19. The van der Waals surface area contributed by atoms with Gasteiger partial charge in [0.1, 0.15) is 0 Å². The van der Waals surface area contributed by atoms with E-state index in [1.165, 1.54) is 0 Å². The summed E-state index contributed by atoms with van der Waals surface area (Å²) in [6, 6.07) is 0. The molecule has 0 amide bonds. The third kappa shape index (κ3) is 0.808. The molecule has 2 nitrogen and oxygen atoms in total. The van der Waals surface area contributed by atoms with E-state index in [2.05, 4.69) is 23.0 Å². The summed E-state index contributed by atoms with van der Waals surface area (Å²) in [7, 11) is 0. The lowest BCUT2D eigenvalue weighted by atomic mass is 10.5. The van der Waals surface area contributed by atoms with Gasteiger partial charge in [0, 0.05) is 13.1 Å². The highest BCUT2D eigenvalue weighted by molar-refractivity contribution is 4.88. The molecule has 1 aliphatic rings. The Kier molecular flexibility index (Phi) is 1.25. The SMILES string of the molecule is C1=CCNNC1. The Morgan fingerprint density at radius 1 is 1.00 bits per heavy atom. The van der Waals surface area contributed by atoms with Crippen LogP contribution < -0.4 is 10.9 Å². The van der Waals surface area contributed by atoms with Gasteiger partial charge >= 0.3 is 0 Å². The van der Waals surface area contributed by atoms with Crippen LogP contribution in [0, 0.1) is 0 Å². The van der Waals surface area contributed by atoms with Crippen molar-refractivity contribution in [2.24, 2.45) is 0 Å². The summed E-state index contributed by atoms with van der Waals surface area (Å²) in [6.45, 7) is 1.92. The second kappa shape index (κ2) is 1.95. The Bertz CT molecular complexity index is 50.6. The monoisotopic (exact) mass is 84.1 g/mol. The first-order valence-electron chi connectivity index (χ1n) is 2.11. The topological polar surface area (TPSA) is 24.1 Å². The minimum atomic E-state index is 0.958. The Balaban J connectivity index is 2.26. The Morgan fingerprint density at radius 3 is 1.67 bits per heavy atom. The average Bonchev–Trinajstić information content (AvgIpc) is 1.72. The third-order valence-electron chi connectivity index (χ3n) is 0.731. The van der Waals surface area contributed by atoms with Gasteiger partial charge in [0.25, 0.3) is 0 Å². The zero-order valence-corrected chi connectivity index (χ0v) is 3.57. The minimum absolute atomic E-state index is 0.958. The smallest absolute Gasteiger partial charge is 0.0281 e. The van der Waals surface area contributed by atoms with Crippen LogP contribution in [0.15, 0.2) is 12.2 Å². The van der Waals surface area contributed by atoms with Crippen LogP contribution in [0.25, 0.3) is 0 Å². The van der Waals surface area contributed by atoms with Crippen LogP contribution in [0.5, 0.6) is 0 Å². The van der Waals surface area contributed by atoms with Gasteiger partial charge in [0.2, 0.25) is 0 Å². The number of hydrogen-bond donors (Lipinski definition) is 2. The van der Waals surface area contributed by atoms with Crippen LogP contribution in [-0.2, 0) is 0 Å². The van der Waals surface area contributed by atoms with Crippen molar-refractivity contribution in [3.05, 3.63) is 12.2 Å². The maximum Gasteiger partial charge on any atom is 0.0281 e. The van der Waals surface area contributed by atoms with Gasteiger partial charge in [-0.15, -0.1) is 0 Å². The molecule has 6 heavy (non-hydrogen) atoms. The molecule has 1 heterocycles. The number of rotatable bonds is 0. The number of nitrogens with one attached hydrogen (secondary N) is 2. The molecule has 0 bridgehead atoms. The summed E-state index contributed by atoms with van der Waals surface area (Å²) in [5.74, 6) is 0. The van der Waals surface area contributed by atoms with Crippen LogP contribution in [0.3, 0.4) is 0 Å². The van der Waals surface area contributed by atoms with Crippen molar-refractivity contribution in [1.29, 1.82) is 0 Å². The molecule has 2 N–H and O–H groups in total. The molecule has 0 atom stereocenters. The highest BCUT2D eigenvalue weighted by atomic mass is 15.3. The predicted molar refractivity (Wildman–Crippen MR) is 25.1 cm³/mol. The maximum absolute atomic E-state index is 2.95. The van der Waals surface area contributed by atoms with E-state index in [0.29, 0.717) is 0 Å². The molecule has 1 rings (SSSR count). The van der Waals surface area contributed by atoms with Gasteiger partial charge in [-0.2, -0.15) is 0 Å². The van der Waals surface area contributed by atoms with E-state index in [0.717, 1.165) is 13.1 Å². The first kappa shape index (κ1) is 3.84. The standard InChI is InChI=1S/C4H8N2/c1-2-4-6-5-3-1/h1-2,5-6H,3-4H2. The van der Waals surface area contributed by atoms with E-state index in [1.54, 1.807) is 0 Å². The van der Waals surface area contributed by atoms with Crippen LogP contribution in [-0.4, -0.2) is 13.1 Å². The molecule has 0 aliphatic carbocycles. The maximum atomic E-state index is 2.95. The minimum Gasteiger partial charge on any atom is -0.254 e. The zero-order chi connectivity index (χ0) is 4.24. The predicted octanol–water partition coefficient (Wildman–Crippen LogP) is -0.350. The fourth-order valence-electron chi connectivity index (χ4n) is 0.429. The second-order valence-electron chi connectivity index (χ2n) is 1.23. The molecule has 0 unspecified atom stereocenters. The van der Waals surface area contributed by atoms with Crippen molar-refractivity contribution < 1.29 is 0 Å². The summed E-state index contributed by atoms with van der Waals surface area (Å²) in [4.78, 5) is 0. The first-order valence-corrected chi connectivity index (χ1v) is 2.11. The number of hydrazine groups is 1. The third-order valence-corrected chi connectivity index (χ3v) is 0.731. The number of hydrogen-bond acceptors (Lipinski definition) is 2. The summed E-state index contributed by atoms with van der Waals surface area (Å²) in [5.41, 5.74) is 5.90. The van der Waals surface area contributed by atoms with E-state index in [4.69, 9.17) is 0 Å². The average molecular weight is 84.1 g/mol. The van der Waals surface area contributed by atoms with Crippen molar-refractivity contribution in [3.8, 4) is 0 Å². The van der Waals surface area contributed by atoms with Gasteiger partial charge < -0.3 is 0 Å². The van der Waals surface area contributed by atoms with Gasteiger partial charge in [-0.1, -0.05) is 12.2 Å². The van der Waals surface area contributed by atoms with E-state index in [1.807, 2.05) is 0 Å². The molecular weight excluding hydrogens is 76.1 g/mol. The van der Waals surface area contributed by atoms with Gasteiger partial charge in [0.05, 0.1) is 0 Å². The normalized spacial score (nSPS) is 21.3. The molecule has 0 spiro atoms. The molecule has 0 saturated carbocycles. The van der Waals surface area contributed by atoms with Crippen molar-refractivity contribution in [2.75, 3.05) is 13.1 Å². The fourth-order valence-corrected chi connectivity index (χ4v) is 0.429. The van der Waals surface area contributed by atoms with Gasteiger partial charge in [-0.25, -0.2) is 0 Å². The van der Waals surface area contributed by atoms with Crippen LogP contribution in [0.1, 0.15) is 0 Å². The van der Waals surface area contributed by atoms with Crippen molar-refractivity contribution >= 4 is 0 Å². The fraction of sp³-hybridized carbons (Fsp3) is 0.500. The molecule has 0 fully saturated rings. The second-order valence-corrected chi connectivity index (χ2v) is 1.23. The molecule has 0 saturated heterocycles. The lowest BCUT2D eigenvalue weighted by Gasteiger charge is -2.04. The molecule has 0 radical (unpaired) electrons. The largest absolute Gasteiger partial charge is 0.254 e. The lowest BCUT2D eigenvalue weighted by molar-refractivity contribution is 0.590. The molecule has 34 valence electrons.